The maximum absolute atomic E-state index is 11.1. The number of hydrogen-bond donors (Lipinski definition) is 2. The molecule has 5 heteroatoms. The molecule has 0 heterocycles. The van der Waals surface area contributed by atoms with Crippen molar-refractivity contribution in [3.8, 4) is 11.8 Å². The summed E-state index contributed by atoms with van der Waals surface area (Å²) in [5.41, 5.74) is 2.90. The van der Waals surface area contributed by atoms with Crippen LogP contribution in [0.15, 0.2) is 0 Å². The van der Waals surface area contributed by atoms with Crippen molar-refractivity contribution in [2.75, 3.05) is 0 Å². The number of esters is 1. The number of nitrogens with two attached hydrogens (primary N) is 1. The number of aliphatic carboxylic acids is 1. The molecule has 0 aliphatic carbocycles. The molecule has 3 N–H and O–H groups in total. The van der Waals surface area contributed by atoms with Gasteiger partial charge in [-0.25, -0.2) is 9.59 Å². The first-order chi connectivity index (χ1) is 6.54. The van der Waals surface area contributed by atoms with Crippen LogP contribution >= 0.6 is 0 Å². The van der Waals surface area contributed by atoms with Gasteiger partial charge in [0.05, 0.1) is 0 Å². The van der Waals surface area contributed by atoms with E-state index in [9.17, 15) is 9.59 Å². The first-order valence-corrected chi connectivity index (χ1v) is 4.33. The number of carboxylic acids is 1. The monoisotopic (exact) mass is 213 g/mol. The van der Waals surface area contributed by atoms with Crippen LogP contribution in [-0.2, 0) is 14.3 Å². The number of carbonyl (C=O) groups excluding carboxylic acids is 1. The van der Waals surface area contributed by atoms with E-state index in [1.165, 1.54) is 6.92 Å². The quantitative estimate of drug-likeness (QED) is 0.367. The third-order valence-electron chi connectivity index (χ3n) is 1.27. The molecule has 0 amide bonds. The summed E-state index contributed by atoms with van der Waals surface area (Å²) >= 11 is 0. The van der Waals surface area contributed by atoms with Gasteiger partial charge in [-0.1, -0.05) is 5.92 Å². The molecule has 0 aromatic rings. The second-order valence-electron chi connectivity index (χ2n) is 4.26. The van der Waals surface area contributed by atoms with Crippen LogP contribution in [-0.4, -0.2) is 28.2 Å². The Bertz CT molecular complexity index is 328. The molecular formula is C10H15NO4. The maximum atomic E-state index is 11.1. The summed E-state index contributed by atoms with van der Waals surface area (Å²) in [6.45, 7) is 6.26. The van der Waals surface area contributed by atoms with Gasteiger partial charge in [0, 0.05) is 5.92 Å². The number of rotatable bonds is 1. The summed E-state index contributed by atoms with van der Waals surface area (Å²) in [6.07, 6.45) is 0. The van der Waals surface area contributed by atoms with Gasteiger partial charge in [-0.15, -0.1) is 0 Å². The average molecular weight is 213 g/mol. The minimum absolute atomic E-state index is 0.653. The van der Waals surface area contributed by atoms with Gasteiger partial charge in [0.1, 0.15) is 5.60 Å². The lowest BCUT2D eigenvalue weighted by molar-refractivity contribution is -0.147. The van der Waals surface area contributed by atoms with Gasteiger partial charge < -0.3 is 15.6 Å². The Hall–Kier alpha value is -1.54. The minimum atomic E-state index is -1.74. The molecule has 0 aliphatic rings. The normalized spacial score (nSPS) is 14.5. The van der Waals surface area contributed by atoms with E-state index in [0.717, 1.165) is 0 Å². The van der Waals surface area contributed by atoms with E-state index in [1.54, 1.807) is 20.8 Å². The molecule has 0 saturated heterocycles. The lowest BCUT2D eigenvalue weighted by Crippen LogP contribution is -2.43. The Morgan fingerprint density at radius 3 is 2.07 bits per heavy atom. The number of hydrogen-bond acceptors (Lipinski definition) is 4. The van der Waals surface area contributed by atoms with Gasteiger partial charge in [-0.2, -0.15) is 0 Å². The Kier molecular flexibility index (Phi) is 3.88. The SMILES string of the molecule is CC(C)(C)OC(=O)C#C[C@](C)(N)C(=O)O. The summed E-state index contributed by atoms with van der Waals surface area (Å²) in [7, 11) is 0. The Labute approximate surface area is 88.6 Å². The first kappa shape index (κ1) is 13.5. The molecule has 0 spiro atoms. The Morgan fingerprint density at radius 2 is 1.73 bits per heavy atom. The van der Waals surface area contributed by atoms with Crippen LogP contribution in [0.5, 0.6) is 0 Å². The van der Waals surface area contributed by atoms with Crippen LogP contribution in [0, 0.1) is 11.8 Å². The molecule has 0 rings (SSSR count). The predicted molar refractivity (Wildman–Crippen MR) is 53.8 cm³/mol. The van der Waals surface area contributed by atoms with Gasteiger partial charge in [0.2, 0.25) is 0 Å². The van der Waals surface area contributed by atoms with E-state index in [0.29, 0.717) is 0 Å². The highest BCUT2D eigenvalue weighted by molar-refractivity contribution is 5.91. The lowest BCUT2D eigenvalue weighted by atomic mass is 10.1. The maximum Gasteiger partial charge on any atom is 0.384 e. The summed E-state index contributed by atoms with van der Waals surface area (Å²) in [5.74, 6) is 2.09. The van der Waals surface area contributed by atoms with Gasteiger partial charge in [0.15, 0.2) is 5.54 Å². The second-order valence-corrected chi connectivity index (χ2v) is 4.26. The van der Waals surface area contributed by atoms with Gasteiger partial charge in [0.25, 0.3) is 0 Å². The van der Waals surface area contributed by atoms with Crippen LogP contribution in [0.1, 0.15) is 27.7 Å². The van der Waals surface area contributed by atoms with Crippen molar-refractivity contribution in [1.82, 2.24) is 0 Å². The second kappa shape index (κ2) is 4.32. The van der Waals surface area contributed by atoms with E-state index in [2.05, 4.69) is 5.92 Å². The van der Waals surface area contributed by atoms with Crippen molar-refractivity contribution in [2.45, 2.75) is 38.8 Å². The van der Waals surface area contributed by atoms with Crippen LogP contribution in [0.3, 0.4) is 0 Å². The molecule has 5 nitrogen and oxygen atoms in total. The smallest absolute Gasteiger partial charge is 0.384 e. The molecule has 0 unspecified atom stereocenters. The fraction of sp³-hybridized carbons (Fsp3) is 0.600. The summed E-state index contributed by atoms with van der Waals surface area (Å²) < 4.78 is 4.85. The Morgan fingerprint density at radius 1 is 1.27 bits per heavy atom. The fourth-order valence-corrected chi connectivity index (χ4v) is 0.538. The van der Waals surface area contributed by atoms with Crippen LogP contribution in [0.25, 0.3) is 0 Å². The number of carboxylic acid groups (broad SMARTS) is 1. The van der Waals surface area contributed by atoms with E-state index in [4.69, 9.17) is 15.6 Å². The predicted octanol–water partition coefficient (Wildman–Crippen LogP) is 0.133. The standard InChI is InChI=1S/C10H15NO4/c1-9(2,3)15-7(12)5-6-10(4,11)8(13)14/h11H2,1-4H3,(H,13,14)/t10-/m0/s1. The molecule has 0 bridgehead atoms. The van der Waals surface area contributed by atoms with Gasteiger partial charge in [-0.05, 0) is 27.7 Å². The molecular weight excluding hydrogens is 198 g/mol. The van der Waals surface area contributed by atoms with Crippen molar-refractivity contribution in [3.63, 3.8) is 0 Å². The largest absolute Gasteiger partial charge is 0.479 e. The molecule has 84 valence electrons. The van der Waals surface area contributed by atoms with E-state index >= 15 is 0 Å². The zero-order valence-electron chi connectivity index (χ0n) is 9.25. The molecule has 0 radical (unpaired) electrons. The summed E-state index contributed by atoms with van der Waals surface area (Å²) in [4.78, 5) is 21.6. The van der Waals surface area contributed by atoms with E-state index in [1.807, 2.05) is 5.92 Å². The van der Waals surface area contributed by atoms with Crippen molar-refractivity contribution in [3.05, 3.63) is 0 Å². The molecule has 0 aromatic heterocycles. The zero-order chi connectivity index (χ0) is 12.3. The number of ether oxygens (including phenoxy) is 1. The van der Waals surface area contributed by atoms with E-state index < -0.39 is 23.1 Å². The van der Waals surface area contributed by atoms with Crippen LogP contribution in [0.4, 0.5) is 0 Å². The molecule has 0 aliphatic heterocycles. The van der Waals surface area contributed by atoms with Crippen molar-refractivity contribution >= 4 is 11.9 Å². The Balaban J connectivity index is 4.56. The molecule has 0 saturated carbocycles. The molecule has 1 atom stereocenters. The third kappa shape index (κ3) is 5.70. The van der Waals surface area contributed by atoms with Crippen LogP contribution < -0.4 is 5.73 Å². The zero-order valence-corrected chi connectivity index (χ0v) is 9.25. The van der Waals surface area contributed by atoms with Gasteiger partial charge in [-0.3, -0.25) is 0 Å². The van der Waals surface area contributed by atoms with Crippen molar-refractivity contribution < 1.29 is 19.4 Å². The third-order valence-corrected chi connectivity index (χ3v) is 1.27. The van der Waals surface area contributed by atoms with Crippen molar-refractivity contribution in [1.29, 1.82) is 0 Å². The molecule has 0 aromatic carbocycles. The summed E-state index contributed by atoms with van der Waals surface area (Å²) in [5, 5.41) is 8.61. The first-order valence-electron chi connectivity index (χ1n) is 4.33. The number of carbonyl (C=O) groups is 2. The molecule has 15 heavy (non-hydrogen) atoms. The highest BCUT2D eigenvalue weighted by atomic mass is 16.6. The average Bonchev–Trinajstić information content (AvgIpc) is 1.97. The summed E-state index contributed by atoms with van der Waals surface area (Å²) in [6, 6.07) is 0. The van der Waals surface area contributed by atoms with Crippen LogP contribution in [0.2, 0.25) is 0 Å². The highest BCUT2D eigenvalue weighted by Gasteiger charge is 2.25. The van der Waals surface area contributed by atoms with Crippen molar-refractivity contribution in [2.24, 2.45) is 5.73 Å². The fourth-order valence-electron chi connectivity index (χ4n) is 0.538. The minimum Gasteiger partial charge on any atom is -0.479 e. The van der Waals surface area contributed by atoms with E-state index in [-0.39, 0.29) is 0 Å². The topological polar surface area (TPSA) is 89.6 Å². The lowest BCUT2D eigenvalue weighted by Gasteiger charge is -2.17. The highest BCUT2D eigenvalue weighted by Crippen LogP contribution is 2.06. The van der Waals surface area contributed by atoms with Gasteiger partial charge >= 0.3 is 11.9 Å². The molecule has 0 fully saturated rings.